The van der Waals surface area contributed by atoms with Crippen LogP contribution in [0, 0.1) is 12.7 Å². The Bertz CT molecular complexity index is 510. The van der Waals surface area contributed by atoms with Crippen molar-refractivity contribution in [1.29, 1.82) is 0 Å². The maximum Gasteiger partial charge on any atom is 0.236 e. The van der Waals surface area contributed by atoms with Gasteiger partial charge >= 0.3 is 0 Å². The molecule has 2 N–H and O–H groups in total. The summed E-state index contributed by atoms with van der Waals surface area (Å²) in [7, 11) is -3.43. The fourth-order valence-corrected chi connectivity index (χ4v) is 3.29. The van der Waals surface area contributed by atoms with E-state index in [1.807, 2.05) is 0 Å². The standard InChI is InChI=1S/C11H15FN2O2S/c1-8-2-3-9(12)6-11(8)14-17(15,16)10-4-5-13-7-10/h2-3,6,10,13-14H,4-5,7H2,1H3. The maximum atomic E-state index is 13.1. The average molecular weight is 258 g/mol. The lowest BCUT2D eigenvalue weighted by Gasteiger charge is -2.14. The van der Waals surface area contributed by atoms with Crippen LogP contribution in [0.25, 0.3) is 0 Å². The second-order valence-corrected chi connectivity index (χ2v) is 6.18. The van der Waals surface area contributed by atoms with Crippen molar-refractivity contribution < 1.29 is 12.8 Å². The summed E-state index contributed by atoms with van der Waals surface area (Å²) in [5.74, 6) is -0.446. The van der Waals surface area contributed by atoms with E-state index in [0.29, 0.717) is 30.8 Å². The van der Waals surface area contributed by atoms with E-state index in [0.717, 1.165) is 0 Å². The van der Waals surface area contributed by atoms with Crippen LogP contribution in [0.4, 0.5) is 10.1 Å². The van der Waals surface area contributed by atoms with E-state index < -0.39 is 21.1 Å². The molecule has 1 aromatic carbocycles. The number of rotatable bonds is 3. The first-order chi connectivity index (χ1) is 7.99. The zero-order valence-corrected chi connectivity index (χ0v) is 10.3. The number of nitrogens with one attached hydrogen (secondary N) is 2. The van der Waals surface area contributed by atoms with Crippen molar-refractivity contribution in [3.63, 3.8) is 0 Å². The van der Waals surface area contributed by atoms with E-state index in [2.05, 4.69) is 10.0 Å². The molecule has 0 saturated carbocycles. The van der Waals surface area contributed by atoms with Gasteiger partial charge in [0.15, 0.2) is 0 Å². The van der Waals surface area contributed by atoms with Gasteiger partial charge in [0.05, 0.1) is 10.9 Å². The fraction of sp³-hybridized carbons (Fsp3) is 0.455. The Balaban J connectivity index is 2.22. The molecule has 0 spiro atoms. The van der Waals surface area contributed by atoms with Crippen LogP contribution in [0.1, 0.15) is 12.0 Å². The summed E-state index contributed by atoms with van der Waals surface area (Å²) in [6.45, 7) is 2.89. The summed E-state index contributed by atoms with van der Waals surface area (Å²) in [6.07, 6.45) is 0.587. The van der Waals surface area contributed by atoms with Crippen molar-refractivity contribution in [2.24, 2.45) is 0 Å². The third-order valence-corrected chi connectivity index (χ3v) is 4.69. The molecule has 1 aliphatic rings. The van der Waals surface area contributed by atoms with Gasteiger partial charge in [0.2, 0.25) is 10.0 Å². The summed E-state index contributed by atoms with van der Waals surface area (Å²) in [4.78, 5) is 0. The molecule has 1 aliphatic heterocycles. The van der Waals surface area contributed by atoms with Crippen LogP contribution in [0.3, 0.4) is 0 Å². The highest BCUT2D eigenvalue weighted by Gasteiger charge is 2.28. The van der Waals surface area contributed by atoms with E-state index in [-0.39, 0.29) is 0 Å². The van der Waals surface area contributed by atoms with Crippen LogP contribution in [0.5, 0.6) is 0 Å². The van der Waals surface area contributed by atoms with Crippen LogP contribution in [-0.2, 0) is 10.0 Å². The second kappa shape index (κ2) is 4.62. The minimum absolute atomic E-state index is 0.317. The first-order valence-electron chi connectivity index (χ1n) is 5.47. The molecule has 17 heavy (non-hydrogen) atoms. The number of benzene rings is 1. The smallest absolute Gasteiger partial charge is 0.236 e. The Morgan fingerprint density at radius 3 is 2.88 bits per heavy atom. The molecule has 0 bridgehead atoms. The van der Waals surface area contributed by atoms with E-state index in [9.17, 15) is 12.8 Å². The third-order valence-electron chi connectivity index (χ3n) is 2.91. The first-order valence-corrected chi connectivity index (χ1v) is 7.02. The topological polar surface area (TPSA) is 58.2 Å². The summed E-state index contributed by atoms with van der Waals surface area (Å²) in [5, 5.41) is 2.56. The zero-order valence-electron chi connectivity index (χ0n) is 9.53. The Morgan fingerprint density at radius 1 is 1.47 bits per heavy atom. The van der Waals surface area contributed by atoms with Crippen LogP contribution < -0.4 is 10.0 Å². The molecule has 94 valence electrons. The molecule has 0 amide bonds. The number of hydrogen-bond donors (Lipinski definition) is 2. The lowest BCUT2D eigenvalue weighted by Crippen LogP contribution is -2.29. The maximum absolute atomic E-state index is 13.1. The van der Waals surface area contributed by atoms with Crippen molar-refractivity contribution in [1.82, 2.24) is 5.32 Å². The summed E-state index contributed by atoms with van der Waals surface area (Å²) in [5.41, 5.74) is 1.03. The minimum Gasteiger partial charge on any atom is -0.315 e. The van der Waals surface area contributed by atoms with Gasteiger partial charge in [-0.3, -0.25) is 4.72 Å². The molecule has 1 fully saturated rings. The normalized spacial score (nSPS) is 20.5. The molecule has 0 radical (unpaired) electrons. The molecule has 1 aromatic rings. The molecule has 1 unspecified atom stereocenters. The highest BCUT2D eigenvalue weighted by molar-refractivity contribution is 7.93. The van der Waals surface area contributed by atoms with Gasteiger partial charge in [0, 0.05) is 6.54 Å². The zero-order chi connectivity index (χ0) is 12.5. The van der Waals surface area contributed by atoms with Gasteiger partial charge in [0.25, 0.3) is 0 Å². The number of aryl methyl sites for hydroxylation is 1. The molecule has 0 aromatic heterocycles. The molecule has 1 heterocycles. The second-order valence-electron chi connectivity index (χ2n) is 4.22. The highest BCUT2D eigenvalue weighted by Crippen LogP contribution is 2.20. The third kappa shape index (κ3) is 2.76. The lowest BCUT2D eigenvalue weighted by molar-refractivity contribution is 0.588. The molecule has 2 rings (SSSR count). The predicted octanol–water partition coefficient (Wildman–Crippen LogP) is 1.24. The van der Waals surface area contributed by atoms with Crippen LogP contribution in [0.15, 0.2) is 18.2 Å². The van der Waals surface area contributed by atoms with Crippen molar-refractivity contribution >= 4 is 15.7 Å². The van der Waals surface area contributed by atoms with Gasteiger partial charge in [-0.05, 0) is 37.6 Å². The van der Waals surface area contributed by atoms with E-state index in [1.54, 1.807) is 13.0 Å². The Labute approximate surface area is 100 Å². The minimum atomic E-state index is -3.43. The van der Waals surface area contributed by atoms with Gasteiger partial charge in [-0.1, -0.05) is 6.07 Å². The van der Waals surface area contributed by atoms with Gasteiger partial charge in [-0.2, -0.15) is 0 Å². The number of halogens is 1. The van der Waals surface area contributed by atoms with Crippen LogP contribution in [-0.4, -0.2) is 26.8 Å². The monoisotopic (exact) mass is 258 g/mol. The summed E-state index contributed by atoms with van der Waals surface area (Å²) in [6, 6.07) is 4.07. The molecule has 1 saturated heterocycles. The predicted molar refractivity (Wildman–Crippen MR) is 65.0 cm³/mol. The van der Waals surface area contributed by atoms with Crippen molar-refractivity contribution in [2.75, 3.05) is 17.8 Å². The Hall–Kier alpha value is -1.14. The Kier molecular flexibility index (Phi) is 3.35. The van der Waals surface area contributed by atoms with E-state index >= 15 is 0 Å². The van der Waals surface area contributed by atoms with Gasteiger partial charge in [-0.25, -0.2) is 12.8 Å². The molecule has 6 heteroatoms. The van der Waals surface area contributed by atoms with Crippen LogP contribution in [0.2, 0.25) is 0 Å². The molecule has 1 atom stereocenters. The molecular weight excluding hydrogens is 243 g/mol. The highest BCUT2D eigenvalue weighted by atomic mass is 32.2. The summed E-state index contributed by atoms with van der Waals surface area (Å²) < 4.78 is 39.5. The van der Waals surface area contributed by atoms with Gasteiger partial charge in [0.1, 0.15) is 5.82 Å². The fourth-order valence-electron chi connectivity index (χ4n) is 1.83. The molecule has 4 nitrogen and oxygen atoms in total. The number of sulfonamides is 1. The van der Waals surface area contributed by atoms with Gasteiger partial charge in [-0.15, -0.1) is 0 Å². The number of anilines is 1. The van der Waals surface area contributed by atoms with Crippen molar-refractivity contribution in [2.45, 2.75) is 18.6 Å². The van der Waals surface area contributed by atoms with Crippen molar-refractivity contribution in [3.8, 4) is 0 Å². The summed E-state index contributed by atoms with van der Waals surface area (Å²) >= 11 is 0. The van der Waals surface area contributed by atoms with E-state index in [1.165, 1.54) is 12.1 Å². The first kappa shape index (κ1) is 12.3. The van der Waals surface area contributed by atoms with Crippen LogP contribution >= 0.6 is 0 Å². The quantitative estimate of drug-likeness (QED) is 0.857. The average Bonchev–Trinajstić information content (AvgIpc) is 2.77. The lowest BCUT2D eigenvalue weighted by atomic mass is 10.2. The molecule has 0 aliphatic carbocycles. The number of hydrogen-bond acceptors (Lipinski definition) is 3. The Morgan fingerprint density at radius 2 is 2.24 bits per heavy atom. The van der Waals surface area contributed by atoms with Gasteiger partial charge < -0.3 is 5.32 Å². The largest absolute Gasteiger partial charge is 0.315 e. The van der Waals surface area contributed by atoms with E-state index in [4.69, 9.17) is 0 Å². The SMILES string of the molecule is Cc1ccc(F)cc1NS(=O)(=O)C1CCNC1. The van der Waals surface area contributed by atoms with Crippen molar-refractivity contribution in [3.05, 3.63) is 29.6 Å². The molecular formula is C11H15FN2O2S.